The van der Waals surface area contributed by atoms with E-state index in [9.17, 15) is 9.59 Å². The summed E-state index contributed by atoms with van der Waals surface area (Å²) in [6.45, 7) is 13.5. The third kappa shape index (κ3) is 10.0. The van der Waals surface area contributed by atoms with Crippen molar-refractivity contribution in [2.24, 2.45) is 5.41 Å². The minimum Gasteiger partial charge on any atom is -0.486 e. The highest BCUT2D eigenvalue weighted by atomic mass is 16.5. The van der Waals surface area contributed by atoms with Gasteiger partial charge in [0, 0.05) is 30.5 Å². The molecule has 0 atom stereocenters. The van der Waals surface area contributed by atoms with Crippen molar-refractivity contribution in [2.75, 3.05) is 19.8 Å². The average Bonchev–Trinajstić information content (AvgIpc) is 3.23. The van der Waals surface area contributed by atoms with Gasteiger partial charge in [-0.2, -0.15) is 0 Å². The summed E-state index contributed by atoms with van der Waals surface area (Å²) in [5, 5.41) is 11.6. The van der Waals surface area contributed by atoms with Gasteiger partial charge in [0.1, 0.15) is 18.1 Å². The van der Waals surface area contributed by atoms with Crippen LogP contribution in [-0.4, -0.2) is 52.0 Å². The molecular weight excluding hydrogens is 432 g/mol. The van der Waals surface area contributed by atoms with Crippen LogP contribution in [0.25, 0.3) is 11.3 Å². The summed E-state index contributed by atoms with van der Waals surface area (Å²) in [5.41, 5.74) is 1.04. The Morgan fingerprint density at radius 3 is 2.44 bits per heavy atom. The molecule has 1 N–H and O–H groups in total. The lowest BCUT2D eigenvalue weighted by molar-refractivity contribution is -0.123. The zero-order chi connectivity index (χ0) is 25.2. The van der Waals surface area contributed by atoms with Crippen molar-refractivity contribution in [3.63, 3.8) is 0 Å². The third-order valence-corrected chi connectivity index (χ3v) is 5.29. The smallest absolute Gasteiger partial charge is 0.220 e. The monoisotopic (exact) mass is 472 g/mol. The number of nitrogens with zero attached hydrogens (tertiary/aromatic N) is 3. The van der Waals surface area contributed by atoms with Gasteiger partial charge in [-0.3, -0.25) is 14.3 Å². The van der Waals surface area contributed by atoms with Gasteiger partial charge in [0.05, 0.1) is 18.4 Å². The van der Waals surface area contributed by atoms with Gasteiger partial charge in [0.2, 0.25) is 5.91 Å². The SMILES string of the molecule is CCCCCC(=O)NCC(C)(C)OCC(C)(C)Cn1cc(-c2ccc(OCC(C)=O)cc2)nn1. The van der Waals surface area contributed by atoms with Crippen LogP contribution >= 0.6 is 0 Å². The largest absolute Gasteiger partial charge is 0.486 e. The molecule has 0 radical (unpaired) electrons. The van der Waals surface area contributed by atoms with Crippen LogP contribution in [0, 0.1) is 5.41 Å². The van der Waals surface area contributed by atoms with Gasteiger partial charge < -0.3 is 14.8 Å². The normalized spacial score (nSPS) is 11.9. The molecule has 34 heavy (non-hydrogen) atoms. The van der Waals surface area contributed by atoms with E-state index in [0.717, 1.165) is 30.5 Å². The van der Waals surface area contributed by atoms with Gasteiger partial charge in [0.15, 0.2) is 5.78 Å². The molecular formula is C26H40N4O4. The van der Waals surface area contributed by atoms with E-state index in [4.69, 9.17) is 9.47 Å². The lowest BCUT2D eigenvalue weighted by Gasteiger charge is -2.32. The summed E-state index contributed by atoms with van der Waals surface area (Å²) in [6, 6.07) is 7.44. The zero-order valence-electron chi connectivity index (χ0n) is 21.5. The van der Waals surface area contributed by atoms with E-state index in [1.165, 1.54) is 6.92 Å². The Bertz CT molecular complexity index is 919. The molecule has 2 rings (SSSR count). The summed E-state index contributed by atoms with van der Waals surface area (Å²) >= 11 is 0. The fourth-order valence-electron chi connectivity index (χ4n) is 3.28. The van der Waals surface area contributed by atoms with Crippen LogP contribution in [0.2, 0.25) is 0 Å². The number of aromatic nitrogens is 3. The fraction of sp³-hybridized carbons (Fsp3) is 0.615. The number of carbonyl (C=O) groups is 2. The molecule has 8 heteroatoms. The van der Waals surface area contributed by atoms with Crippen LogP contribution in [0.5, 0.6) is 5.75 Å². The molecule has 0 saturated heterocycles. The summed E-state index contributed by atoms with van der Waals surface area (Å²) in [7, 11) is 0. The summed E-state index contributed by atoms with van der Waals surface area (Å²) < 4.78 is 13.4. The number of ether oxygens (including phenoxy) is 2. The van der Waals surface area contributed by atoms with E-state index in [-0.39, 0.29) is 23.7 Å². The zero-order valence-corrected chi connectivity index (χ0v) is 21.5. The summed E-state index contributed by atoms with van der Waals surface area (Å²) in [6.07, 6.45) is 5.58. The Labute approximate surface area is 203 Å². The van der Waals surface area contributed by atoms with Crippen LogP contribution < -0.4 is 10.1 Å². The summed E-state index contributed by atoms with van der Waals surface area (Å²) in [4.78, 5) is 23.1. The molecule has 2 aromatic rings. The van der Waals surface area contributed by atoms with E-state index < -0.39 is 5.60 Å². The first-order valence-corrected chi connectivity index (χ1v) is 12.0. The van der Waals surface area contributed by atoms with Crippen LogP contribution in [0.1, 0.15) is 67.2 Å². The first kappa shape index (κ1) is 27.5. The Hall–Kier alpha value is -2.74. The maximum Gasteiger partial charge on any atom is 0.220 e. The lowest BCUT2D eigenvalue weighted by atomic mass is 9.94. The molecule has 0 fully saturated rings. The van der Waals surface area contributed by atoms with Crippen molar-refractivity contribution in [2.45, 2.75) is 79.4 Å². The van der Waals surface area contributed by atoms with Crippen molar-refractivity contribution >= 4 is 11.7 Å². The van der Waals surface area contributed by atoms with Crippen molar-refractivity contribution in [3.8, 4) is 17.0 Å². The maximum atomic E-state index is 12.0. The van der Waals surface area contributed by atoms with E-state index in [0.29, 0.717) is 31.9 Å². The Balaban J connectivity index is 1.84. The molecule has 8 nitrogen and oxygen atoms in total. The minimum atomic E-state index is -0.461. The van der Waals surface area contributed by atoms with Crippen LogP contribution in [0.15, 0.2) is 30.5 Å². The molecule has 1 heterocycles. The predicted octanol–water partition coefficient (Wildman–Crippen LogP) is 4.43. The van der Waals surface area contributed by atoms with E-state index in [2.05, 4.69) is 36.4 Å². The molecule has 0 aliphatic heterocycles. The quantitative estimate of drug-likeness (QED) is 0.385. The molecule has 188 valence electrons. The third-order valence-electron chi connectivity index (χ3n) is 5.29. The van der Waals surface area contributed by atoms with Crippen molar-refractivity contribution in [3.05, 3.63) is 30.5 Å². The average molecular weight is 473 g/mol. The van der Waals surface area contributed by atoms with Gasteiger partial charge >= 0.3 is 0 Å². The topological polar surface area (TPSA) is 95.3 Å². The molecule has 0 spiro atoms. The second kappa shape index (κ2) is 12.6. The fourth-order valence-corrected chi connectivity index (χ4v) is 3.28. The van der Waals surface area contributed by atoms with Gasteiger partial charge in [0.25, 0.3) is 0 Å². The van der Waals surface area contributed by atoms with Crippen LogP contribution in [0.4, 0.5) is 0 Å². The van der Waals surface area contributed by atoms with Crippen molar-refractivity contribution in [1.82, 2.24) is 20.3 Å². The highest BCUT2D eigenvalue weighted by molar-refractivity contribution is 5.77. The number of hydrogen-bond acceptors (Lipinski definition) is 6. The standard InChI is InChI=1S/C26H40N4O4/c1-7-8-9-10-24(32)27-17-26(5,6)34-19-25(3,4)18-30-15-23(28-29-30)21-11-13-22(14-12-21)33-16-20(2)31/h11-15H,7-10,16-19H2,1-6H3,(H,27,32). The molecule has 0 aliphatic rings. The van der Waals surface area contributed by atoms with Gasteiger partial charge in [-0.15, -0.1) is 5.10 Å². The van der Waals surface area contributed by atoms with Crippen molar-refractivity contribution < 1.29 is 19.1 Å². The number of Topliss-reactive ketones (excluding diaryl/α,β-unsaturated/α-hetero) is 1. The molecule has 0 saturated carbocycles. The number of rotatable bonds is 15. The maximum absolute atomic E-state index is 12.0. The lowest BCUT2D eigenvalue weighted by Crippen LogP contribution is -2.42. The first-order chi connectivity index (χ1) is 16.0. The Morgan fingerprint density at radius 2 is 1.79 bits per heavy atom. The highest BCUT2D eigenvalue weighted by Gasteiger charge is 2.26. The highest BCUT2D eigenvalue weighted by Crippen LogP contribution is 2.24. The Kier molecular flexibility index (Phi) is 10.2. The van der Waals surface area contributed by atoms with Gasteiger partial charge in [-0.25, -0.2) is 0 Å². The Morgan fingerprint density at radius 1 is 1.09 bits per heavy atom. The van der Waals surface area contributed by atoms with Gasteiger partial charge in [-0.1, -0.05) is 38.8 Å². The van der Waals surface area contributed by atoms with E-state index in [1.807, 2.05) is 49.0 Å². The number of ketones is 1. The number of carbonyl (C=O) groups excluding carboxylic acids is 2. The van der Waals surface area contributed by atoms with E-state index >= 15 is 0 Å². The molecule has 1 amide bonds. The number of amides is 1. The molecule has 0 aliphatic carbocycles. The first-order valence-electron chi connectivity index (χ1n) is 12.0. The van der Waals surface area contributed by atoms with E-state index in [1.54, 1.807) is 0 Å². The number of hydrogen-bond donors (Lipinski definition) is 1. The number of benzene rings is 1. The van der Waals surface area contributed by atoms with Crippen LogP contribution in [-0.2, 0) is 20.9 Å². The minimum absolute atomic E-state index is 0.0193. The molecule has 0 bridgehead atoms. The number of unbranched alkanes of at least 4 members (excludes halogenated alkanes) is 2. The second-order valence-corrected chi connectivity index (χ2v) is 10.3. The second-order valence-electron chi connectivity index (χ2n) is 10.3. The molecule has 1 aromatic heterocycles. The molecule has 1 aromatic carbocycles. The van der Waals surface area contributed by atoms with Crippen LogP contribution in [0.3, 0.4) is 0 Å². The predicted molar refractivity (Wildman–Crippen MR) is 133 cm³/mol. The van der Waals surface area contributed by atoms with Crippen molar-refractivity contribution in [1.29, 1.82) is 0 Å². The number of nitrogens with one attached hydrogen (secondary N) is 1. The van der Waals surface area contributed by atoms with Gasteiger partial charge in [-0.05, 0) is 51.5 Å². The molecule has 0 unspecified atom stereocenters. The summed E-state index contributed by atoms with van der Waals surface area (Å²) in [5.74, 6) is 0.705.